The lowest BCUT2D eigenvalue weighted by Crippen LogP contribution is -2.46. The molecule has 2 aromatic carbocycles. The number of amides is 1. The summed E-state index contributed by atoms with van der Waals surface area (Å²) in [7, 11) is 0. The maximum absolute atomic E-state index is 11.9. The molecule has 5 N–H and O–H groups in total. The van der Waals surface area contributed by atoms with Crippen LogP contribution >= 0.6 is 0 Å². The van der Waals surface area contributed by atoms with Crippen LogP contribution < -0.4 is 10.9 Å². The largest absolute Gasteiger partial charge is 0.481 e. The molecule has 2 aromatic rings. The quantitative estimate of drug-likeness (QED) is 0.476. The topological polar surface area (TPSA) is 136 Å². The Morgan fingerprint density at radius 3 is 2.29 bits per heavy atom. The van der Waals surface area contributed by atoms with Crippen LogP contribution in [0.4, 0.5) is 5.69 Å². The molecule has 0 spiro atoms. The second kappa shape index (κ2) is 6.97. The zero-order valence-electron chi connectivity index (χ0n) is 12.5. The molecule has 126 valence electrons. The van der Waals surface area contributed by atoms with E-state index in [0.29, 0.717) is 5.69 Å². The molecule has 0 aliphatic rings. The SMILES string of the molecule is O=C(O)CC(O)(CC(=O)NNc1cccc2ccccc12)C(=O)O. The number of nitrogens with one attached hydrogen (secondary N) is 2. The summed E-state index contributed by atoms with van der Waals surface area (Å²) in [5, 5.41) is 29.2. The Labute approximate surface area is 136 Å². The van der Waals surface area contributed by atoms with Crippen molar-refractivity contribution in [1.82, 2.24) is 5.43 Å². The van der Waals surface area contributed by atoms with E-state index in [1.807, 2.05) is 30.3 Å². The van der Waals surface area contributed by atoms with Gasteiger partial charge in [-0.1, -0.05) is 36.4 Å². The van der Waals surface area contributed by atoms with Crippen molar-refractivity contribution in [1.29, 1.82) is 0 Å². The van der Waals surface area contributed by atoms with E-state index in [9.17, 15) is 19.5 Å². The molecule has 0 aliphatic carbocycles. The summed E-state index contributed by atoms with van der Waals surface area (Å²) >= 11 is 0. The number of carboxylic acid groups (broad SMARTS) is 2. The van der Waals surface area contributed by atoms with Crippen LogP contribution in [0.25, 0.3) is 10.8 Å². The van der Waals surface area contributed by atoms with Crippen LogP contribution in [-0.2, 0) is 14.4 Å². The van der Waals surface area contributed by atoms with Crippen molar-refractivity contribution in [2.24, 2.45) is 0 Å². The van der Waals surface area contributed by atoms with Gasteiger partial charge in [-0.05, 0) is 11.5 Å². The molecule has 0 aliphatic heterocycles. The smallest absolute Gasteiger partial charge is 0.336 e. The number of hydrogen-bond donors (Lipinski definition) is 5. The number of anilines is 1. The minimum atomic E-state index is -2.67. The summed E-state index contributed by atoms with van der Waals surface area (Å²) in [4.78, 5) is 33.5. The minimum Gasteiger partial charge on any atom is -0.481 e. The third-order valence-electron chi connectivity index (χ3n) is 3.42. The maximum atomic E-state index is 11.9. The molecule has 1 amide bonds. The highest BCUT2D eigenvalue weighted by molar-refractivity contribution is 5.95. The molecule has 8 heteroatoms. The third-order valence-corrected chi connectivity index (χ3v) is 3.42. The number of carbonyl (C=O) groups excluding carboxylic acids is 1. The average molecular weight is 332 g/mol. The van der Waals surface area contributed by atoms with Crippen LogP contribution in [0.15, 0.2) is 42.5 Å². The fourth-order valence-corrected chi connectivity index (χ4v) is 2.25. The summed E-state index contributed by atoms with van der Waals surface area (Å²) in [5.41, 5.74) is 2.83. The fourth-order valence-electron chi connectivity index (χ4n) is 2.25. The average Bonchev–Trinajstić information content (AvgIpc) is 2.51. The van der Waals surface area contributed by atoms with Gasteiger partial charge in [0.15, 0.2) is 5.60 Å². The molecule has 1 atom stereocenters. The lowest BCUT2D eigenvalue weighted by atomic mass is 9.95. The molecular formula is C16H16N2O6. The number of aliphatic carboxylic acids is 2. The van der Waals surface area contributed by atoms with E-state index in [2.05, 4.69) is 10.9 Å². The zero-order valence-corrected chi connectivity index (χ0v) is 12.5. The Morgan fingerprint density at radius 2 is 1.62 bits per heavy atom. The Kier molecular flexibility index (Phi) is 5.00. The first-order valence-corrected chi connectivity index (χ1v) is 7.02. The lowest BCUT2D eigenvalue weighted by Gasteiger charge is -2.21. The van der Waals surface area contributed by atoms with Crippen molar-refractivity contribution in [3.8, 4) is 0 Å². The van der Waals surface area contributed by atoms with E-state index in [1.165, 1.54) is 0 Å². The second-order valence-electron chi connectivity index (χ2n) is 5.28. The molecular weight excluding hydrogens is 316 g/mol. The maximum Gasteiger partial charge on any atom is 0.336 e. The van der Waals surface area contributed by atoms with Crippen molar-refractivity contribution in [3.63, 3.8) is 0 Å². The van der Waals surface area contributed by atoms with Crippen LogP contribution in [-0.4, -0.2) is 38.8 Å². The molecule has 0 saturated heterocycles. The van der Waals surface area contributed by atoms with Crippen molar-refractivity contribution >= 4 is 34.3 Å². The number of fused-ring (bicyclic) bond motifs is 1. The molecule has 0 bridgehead atoms. The van der Waals surface area contributed by atoms with Gasteiger partial charge in [0, 0.05) is 5.39 Å². The number of carbonyl (C=O) groups is 3. The molecule has 0 radical (unpaired) electrons. The first-order valence-electron chi connectivity index (χ1n) is 7.02. The Morgan fingerprint density at radius 1 is 0.958 bits per heavy atom. The second-order valence-corrected chi connectivity index (χ2v) is 5.28. The van der Waals surface area contributed by atoms with E-state index < -0.39 is 36.3 Å². The van der Waals surface area contributed by atoms with E-state index in [0.717, 1.165) is 10.8 Å². The van der Waals surface area contributed by atoms with Crippen molar-refractivity contribution in [2.75, 3.05) is 5.43 Å². The number of rotatable bonds is 7. The minimum absolute atomic E-state index is 0.582. The van der Waals surface area contributed by atoms with Crippen molar-refractivity contribution < 1.29 is 29.7 Å². The highest BCUT2D eigenvalue weighted by Gasteiger charge is 2.40. The van der Waals surface area contributed by atoms with Gasteiger partial charge in [0.25, 0.3) is 0 Å². The van der Waals surface area contributed by atoms with E-state index in [4.69, 9.17) is 10.2 Å². The van der Waals surface area contributed by atoms with Crippen molar-refractivity contribution in [2.45, 2.75) is 18.4 Å². The van der Waals surface area contributed by atoms with Crippen LogP contribution in [0.3, 0.4) is 0 Å². The van der Waals surface area contributed by atoms with Gasteiger partial charge in [-0.3, -0.25) is 20.4 Å². The Bertz CT molecular complexity index is 786. The standard InChI is InChI=1S/C16H16N2O6/c19-13(8-16(24,15(22)23)9-14(20)21)18-17-12-7-3-5-10-4-1-2-6-11(10)12/h1-7,17,24H,8-9H2,(H,18,19)(H,20,21)(H,22,23). The molecule has 1 unspecified atom stereocenters. The highest BCUT2D eigenvalue weighted by Crippen LogP contribution is 2.22. The number of aliphatic hydroxyl groups is 1. The molecule has 0 saturated carbocycles. The van der Waals surface area contributed by atoms with E-state index in [1.54, 1.807) is 12.1 Å². The van der Waals surface area contributed by atoms with Crippen LogP contribution in [0, 0.1) is 0 Å². The Balaban J connectivity index is 2.07. The molecule has 0 fully saturated rings. The first kappa shape index (κ1) is 17.2. The molecule has 8 nitrogen and oxygen atoms in total. The van der Waals surface area contributed by atoms with Gasteiger partial charge < -0.3 is 15.3 Å². The Hall–Kier alpha value is -3.13. The first-order chi connectivity index (χ1) is 11.3. The van der Waals surface area contributed by atoms with Gasteiger partial charge >= 0.3 is 11.9 Å². The number of hydrazine groups is 1. The normalized spacial score (nSPS) is 13.0. The van der Waals surface area contributed by atoms with Gasteiger partial charge in [-0.15, -0.1) is 0 Å². The van der Waals surface area contributed by atoms with E-state index >= 15 is 0 Å². The summed E-state index contributed by atoms with van der Waals surface area (Å²) < 4.78 is 0. The monoisotopic (exact) mass is 332 g/mol. The number of hydrogen-bond acceptors (Lipinski definition) is 5. The molecule has 0 aromatic heterocycles. The lowest BCUT2D eigenvalue weighted by molar-refractivity contribution is -0.167. The molecule has 24 heavy (non-hydrogen) atoms. The van der Waals surface area contributed by atoms with Crippen LogP contribution in [0.5, 0.6) is 0 Å². The molecule has 0 heterocycles. The van der Waals surface area contributed by atoms with E-state index in [-0.39, 0.29) is 0 Å². The van der Waals surface area contributed by atoms with Gasteiger partial charge in [-0.2, -0.15) is 0 Å². The predicted octanol–water partition coefficient (Wildman–Crippen LogP) is 0.963. The zero-order chi connectivity index (χ0) is 17.7. The van der Waals surface area contributed by atoms with Crippen LogP contribution in [0.1, 0.15) is 12.8 Å². The highest BCUT2D eigenvalue weighted by atomic mass is 16.4. The summed E-state index contributed by atoms with van der Waals surface area (Å²) in [5.74, 6) is -4.14. The van der Waals surface area contributed by atoms with Crippen molar-refractivity contribution in [3.05, 3.63) is 42.5 Å². The number of carboxylic acids is 2. The summed E-state index contributed by atoms with van der Waals surface area (Å²) in [6.07, 6.45) is -1.98. The predicted molar refractivity (Wildman–Crippen MR) is 85.2 cm³/mol. The van der Waals surface area contributed by atoms with Gasteiger partial charge in [-0.25, -0.2) is 4.79 Å². The van der Waals surface area contributed by atoms with Gasteiger partial charge in [0.05, 0.1) is 18.5 Å². The summed E-state index contributed by atoms with van der Waals surface area (Å²) in [6, 6.07) is 12.8. The summed E-state index contributed by atoms with van der Waals surface area (Å²) in [6.45, 7) is 0. The van der Waals surface area contributed by atoms with Gasteiger partial charge in [0.1, 0.15) is 0 Å². The fraction of sp³-hybridized carbons (Fsp3) is 0.188. The third kappa shape index (κ3) is 3.99. The van der Waals surface area contributed by atoms with Crippen LogP contribution in [0.2, 0.25) is 0 Å². The van der Waals surface area contributed by atoms with Gasteiger partial charge in [0.2, 0.25) is 5.91 Å². The molecule has 2 rings (SSSR count). The number of benzene rings is 2.